The summed E-state index contributed by atoms with van der Waals surface area (Å²) in [4.78, 5) is 0. The van der Waals surface area contributed by atoms with E-state index in [9.17, 15) is 8.42 Å². The van der Waals surface area contributed by atoms with Crippen LogP contribution in [0.5, 0.6) is 0 Å². The van der Waals surface area contributed by atoms with E-state index in [1.54, 1.807) is 14.1 Å². The van der Waals surface area contributed by atoms with Crippen LogP contribution in [-0.4, -0.2) is 33.4 Å². The summed E-state index contributed by atoms with van der Waals surface area (Å²) in [6.07, 6.45) is 0.792. The van der Waals surface area contributed by atoms with E-state index in [-0.39, 0.29) is 0 Å². The first-order valence-corrected chi connectivity index (χ1v) is 7.56. The number of nitrogens with zero attached hydrogens (tertiary/aromatic N) is 2. The quantitative estimate of drug-likeness (QED) is 0.841. The van der Waals surface area contributed by atoms with Crippen molar-refractivity contribution in [2.75, 3.05) is 24.9 Å². The molecular weight excluding hydrogens is 248 g/mol. The van der Waals surface area contributed by atoms with Crippen molar-refractivity contribution in [2.24, 2.45) is 0 Å². The lowest BCUT2D eigenvalue weighted by Crippen LogP contribution is -2.39. The van der Waals surface area contributed by atoms with E-state index in [2.05, 4.69) is 26.0 Å². The first-order chi connectivity index (χ1) is 8.34. The van der Waals surface area contributed by atoms with Crippen molar-refractivity contribution in [1.29, 1.82) is 0 Å². The largest absolute Gasteiger partial charge is 0.303 e. The lowest BCUT2D eigenvalue weighted by molar-refractivity contribution is 0.517. The molecule has 0 atom stereocenters. The van der Waals surface area contributed by atoms with Crippen LogP contribution < -0.4 is 4.31 Å². The Hall–Kier alpha value is -1.07. The molecule has 0 amide bonds. The first-order valence-electron chi connectivity index (χ1n) is 6.17. The van der Waals surface area contributed by atoms with Gasteiger partial charge < -0.3 is 0 Å². The molecule has 1 heterocycles. The summed E-state index contributed by atoms with van der Waals surface area (Å²) in [5, 5.41) is 0. The fraction of sp³-hybridized carbons (Fsp3) is 0.538. The van der Waals surface area contributed by atoms with Gasteiger partial charge in [0.2, 0.25) is 0 Å². The number of hydrogen-bond acceptors (Lipinski definition) is 2. The van der Waals surface area contributed by atoms with E-state index in [0.717, 1.165) is 17.7 Å². The second-order valence-corrected chi connectivity index (χ2v) is 7.22. The summed E-state index contributed by atoms with van der Waals surface area (Å²) in [5.74, 6) is 0.403. The standard InChI is InChI=1S/C13H20N2O2S/c1-10(2)12-6-5-11-7-8-15(13(11)9-12)18(16,17)14(3)4/h5-6,9-10H,7-8H2,1-4H3. The monoisotopic (exact) mass is 268 g/mol. The van der Waals surface area contributed by atoms with Crippen LogP contribution in [0, 0.1) is 0 Å². The minimum atomic E-state index is -3.37. The van der Waals surface area contributed by atoms with E-state index >= 15 is 0 Å². The molecule has 1 aromatic rings. The molecule has 4 nitrogen and oxygen atoms in total. The lowest BCUT2D eigenvalue weighted by atomic mass is 10.0. The summed E-state index contributed by atoms with van der Waals surface area (Å²) in [6.45, 7) is 4.76. The molecule has 0 radical (unpaired) electrons. The fourth-order valence-electron chi connectivity index (χ4n) is 2.16. The topological polar surface area (TPSA) is 40.6 Å². The lowest BCUT2D eigenvalue weighted by Gasteiger charge is -2.24. The van der Waals surface area contributed by atoms with Gasteiger partial charge in [-0.2, -0.15) is 12.7 Å². The summed E-state index contributed by atoms with van der Waals surface area (Å²) in [6, 6.07) is 6.15. The van der Waals surface area contributed by atoms with Crippen molar-refractivity contribution in [3.63, 3.8) is 0 Å². The Kier molecular flexibility index (Phi) is 3.38. The number of rotatable bonds is 3. The van der Waals surface area contributed by atoms with Gasteiger partial charge >= 0.3 is 10.2 Å². The Morgan fingerprint density at radius 3 is 2.50 bits per heavy atom. The van der Waals surface area contributed by atoms with E-state index in [1.165, 1.54) is 14.2 Å². The van der Waals surface area contributed by atoms with Gasteiger partial charge in [-0.05, 0) is 29.5 Å². The van der Waals surface area contributed by atoms with Crippen LogP contribution in [0.25, 0.3) is 0 Å². The van der Waals surface area contributed by atoms with Gasteiger partial charge in [-0.1, -0.05) is 26.0 Å². The molecular formula is C13H20N2O2S. The number of benzene rings is 1. The zero-order valence-corrected chi connectivity index (χ0v) is 12.2. The Labute approximate surface area is 109 Å². The second kappa shape index (κ2) is 4.55. The molecule has 0 fully saturated rings. The molecule has 100 valence electrons. The third-order valence-electron chi connectivity index (χ3n) is 3.37. The fourth-order valence-corrected chi connectivity index (χ4v) is 3.30. The smallest absolute Gasteiger partial charge is 0.257 e. The van der Waals surface area contributed by atoms with Crippen LogP contribution in [-0.2, 0) is 16.6 Å². The van der Waals surface area contributed by atoms with Gasteiger partial charge in [0.15, 0.2) is 0 Å². The molecule has 0 N–H and O–H groups in total. The zero-order chi connectivity index (χ0) is 13.5. The van der Waals surface area contributed by atoms with Gasteiger partial charge in [-0.15, -0.1) is 0 Å². The van der Waals surface area contributed by atoms with E-state index in [1.807, 2.05) is 6.07 Å². The summed E-state index contributed by atoms with van der Waals surface area (Å²) in [5.41, 5.74) is 3.13. The van der Waals surface area contributed by atoms with Crippen LogP contribution in [0.4, 0.5) is 5.69 Å². The Bertz CT molecular complexity index is 550. The highest BCUT2D eigenvalue weighted by molar-refractivity contribution is 7.90. The second-order valence-electron chi connectivity index (χ2n) is 5.16. The van der Waals surface area contributed by atoms with Crippen molar-refractivity contribution in [3.05, 3.63) is 29.3 Å². The molecule has 0 spiro atoms. The Morgan fingerprint density at radius 2 is 1.94 bits per heavy atom. The third kappa shape index (κ3) is 2.12. The molecule has 2 rings (SSSR count). The van der Waals surface area contributed by atoms with Gasteiger partial charge in [0, 0.05) is 20.6 Å². The molecule has 0 unspecified atom stereocenters. The molecule has 0 saturated heterocycles. The van der Waals surface area contributed by atoms with E-state index in [4.69, 9.17) is 0 Å². The highest BCUT2D eigenvalue weighted by atomic mass is 32.2. The molecule has 5 heteroatoms. The van der Waals surface area contributed by atoms with Gasteiger partial charge in [0.25, 0.3) is 0 Å². The Balaban J connectivity index is 2.47. The normalized spacial score (nSPS) is 15.6. The molecule has 1 aliphatic heterocycles. The van der Waals surface area contributed by atoms with Crippen LogP contribution in [0.15, 0.2) is 18.2 Å². The maximum absolute atomic E-state index is 12.2. The number of fused-ring (bicyclic) bond motifs is 1. The molecule has 0 saturated carbocycles. The summed E-state index contributed by atoms with van der Waals surface area (Å²) < 4.78 is 27.2. The average molecular weight is 268 g/mol. The molecule has 1 aromatic carbocycles. The van der Waals surface area contributed by atoms with Crippen LogP contribution in [0.3, 0.4) is 0 Å². The highest BCUT2D eigenvalue weighted by Gasteiger charge is 2.31. The summed E-state index contributed by atoms with van der Waals surface area (Å²) in [7, 11) is -0.228. The van der Waals surface area contributed by atoms with Crippen molar-refractivity contribution >= 4 is 15.9 Å². The highest BCUT2D eigenvalue weighted by Crippen LogP contribution is 2.33. The first kappa shape index (κ1) is 13.4. The minimum Gasteiger partial charge on any atom is -0.257 e. The molecule has 18 heavy (non-hydrogen) atoms. The predicted octanol–water partition coefficient (Wildman–Crippen LogP) is 1.98. The molecule has 0 aromatic heterocycles. The van der Waals surface area contributed by atoms with Crippen molar-refractivity contribution in [3.8, 4) is 0 Å². The van der Waals surface area contributed by atoms with E-state index in [0.29, 0.717) is 12.5 Å². The minimum absolute atomic E-state index is 0.403. The third-order valence-corrected chi connectivity index (χ3v) is 5.23. The van der Waals surface area contributed by atoms with Gasteiger partial charge in [0.1, 0.15) is 0 Å². The maximum atomic E-state index is 12.2. The van der Waals surface area contributed by atoms with Crippen LogP contribution in [0.1, 0.15) is 30.9 Å². The van der Waals surface area contributed by atoms with Crippen molar-refractivity contribution in [2.45, 2.75) is 26.2 Å². The molecule has 0 bridgehead atoms. The molecule has 0 aliphatic carbocycles. The maximum Gasteiger partial charge on any atom is 0.303 e. The molecule has 1 aliphatic rings. The summed E-state index contributed by atoms with van der Waals surface area (Å²) >= 11 is 0. The predicted molar refractivity (Wildman–Crippen MR) is 74.2 cm³/mol. The van der Waals surface area contributed by atoms with Crippen molar-refractivity contribution < 1.29 is 8.42 Å². The van der Waals surface area contributed by atoms with Gasteiger partial charge in [0.05, 0.1) is 5.69 Å². The SMILES string of the molecule is CC(C)c1ccc2c(c1)N(S(=O)(=O)N(C)C)CC2. The zero-order valence-electron chi connectivity index (χ0n) is 11.3. The van der Waals surface area contributed by atoms with Crippen molar-refractivity contribution in [1.82, 2.24) is 4.31 Å². The Morgan fingerprint density at radius 1 is 1.28 bits per heavy atom. The van der Waals surface area contributed by atoms with Crippen LogP contribution in [0.2, 0.25) is 0 Å². The van der Waals surface area contributed by atoms with Crippen LogP contribution >= 0.6 is 0 Å². The average Bonchev–Trinajstić information content (AvgIpc) is 2.71. The van der Waals surface area contributed by atoms with Gasteiger partial charge in [-0.3, -0.25) is 4.31 Å². The number of anilines is 1. The van der Waals surface area contributed by atoms with E-state index < -0.39 is 10.2 Å². The van der Waals surface area contributed by atoms with Gasteiger partial charge in [-0.25, -0.2) is 0 Å². The number of hydrogen-bond donors (Lipinski definition) is 0.